The molecule has 0 bridgehead atoms. The Hall–Kier alpha value is -1.95. The smallest absolute Gasteiger partial charge is 0.254 e. The third-order valence-corrected chi connectivity index (χ3v) is 5.66. The second-order valence-electron chi connectivity index (χ2n) is 7.58. The highest BCUT2D eigenvalue weighted by atomic mass is 35.5. The lowest BCUT2D eigenvalue weighted by Gasteiger charge is -2.26. The lowest BCUT2D eigenvalue weighted by Crippen LogP contribution is -2.37. The van der Waals surface area contributed by atoms with E-state index in [1.807, 2.05) is 43.0 Å². The molecular weight excluding hydrogens is 423 g/mol. The van der Waals surface area contributed by atoms with Crippen molar-refractivity contribution in [1.82, 2.24) is 4.90 Å². The number of anilines is 1. The molecular formula is C23H28Cl2N2O3. The summed E-state index contributed by atoms with van der Waals surface area (Å²) < 4.78 is 11.3. The molecule has 3 rings (SSSR count). The van der Waals surface area contributed by atoms with Crippen LogP contribution in [0, 0.1) is 0 Å². The topological polar surface area (TPSA) is 42.0 Å². The van der Waals surface area contributed by atoms with Crippen LogP contribution in [0.4, 0.5) is 5.69 Å². The van der Waals surface area contributed by atoms with Gasteiger partial charge in [-0.3, -0.25) is 4.79 Å². The maximum absolute atomic E-state index is 13.4. The summed E-state index contributed by atoms with van der Waals surface area (Å²) in [6.45, 7) is 4.05. The number of nitrogens with zero attached hydrogens (tertiary/aromatic N) is 2. The van der Waals surface area contributed by atoms with Crippen molar-refractivity contribution in [2.75, 3.05) is 38.8 Å². The van der Waals surface area contributed by atoms with E-state index in [9.17, 15) is 4.79 Å². The van der Waals surface area contributed by atoms with Crippen LogP contribution in [-0.2, 0) is 11.3 Å². The summed E-state index contributed by atoms with van der Waals surface area (Å²) in [5, 5.41) is 0.667. The molecule has 0 saturated carbocycles. The van der Waals surface area contributed by atoms with Gasteiger partial charge in [-0.2, -0.15) is 0 Å². The van der Waals surface area contributed by atoms with Crippen molar-refractivity contribution in [3.63, 3.8) is 0 Å². The van der Waals surface area contributed by atoms with Crippen molar-refractivity contribution >= 4 is 34.8 Å². The largest absolute Gasteiger partial charge is 0.491 e. The average Bonchev–Trinajstić information content (AvgIpc) is 3.23. The van der Waals surface area contributed by atoms with E-state index < -0.39 is 0 Å². The Morgan fingerprint density at radius 1 is 1.17 bits per heavy atom. The van der Waals surface area contributed by atoms with Gasteiger partial charge < -0.3 is 19.3 Å². The number of halogens is 2. The van der Waals surface area contributed by atoms with Gasteiger partial charge in [0.1, 0.15) is 0 Å². The predicted octanol–water partition coefficient (Wildman–Crippen LogP) is 5.28. The first kappa shape index (κ1) is 22.7. The number of benzene rings is 2. The number of hydrogen-bond donors (Lipinski definition) is 0. The highest BCUT2D eigenvalue weighted by Crippen LogP contribution is 2.35. The number of hydrogen-bond acceptors (Lipinski definition) is 4. The molecule has 1 unspecified atom stereocenters. The van der Waals surface area contributed by atoms with Crippen LogP contribution >= 0.6 is 23.2 Å². The molecule has 2 aromatic carbocycles. The first-order valence-corrected chi connectivity index (χ1v) is 10.9. The van der Waals surface area contributed by atoms with Crippen LogP contribution in [0.2, 0.25) is 10.0 Å². The van der Waals surface area contributed by atoms with Crippen molar-refractivity contribution in [1.29, 1.82) is 0 Å². The zero-order chi connectivity index (χ0) is 21.7. The minimum Gasteiger partial charge on any atom is -0.491 e. The van der Waals surface area contributed by atoms with Gasteiger partial charge in [-0.15, -0.1) is 0 Å². The van der Waals surface area contributed by atoms with Gasteiger partial charge in [-0.1, -0.05) is 35.3 Å². The molecule has 1 fully saturated rings. The molecule has 30 heavy (non-hydrogen) atoms. The van der Waals surface area contributed by atoms with Crippen LogP contribution in [0.3, 0.4) is 0 Å². The molecule has 1 saturated heterocycles. The monoisotopic (exact) mass is 450 g/mol. The Morgan fingerprint density at radius 3 is 2.37 bits per heavy atom. The lowest BCUT2D eigenvalue weighted by molar-refractivity contribution is 0.0507. The highest BCUT2D eigenvalue weighted by molar-refractivity contribution is 6.37. The standard InChI is InChI=1S/C23H28Cl2N2O3/c1-4-29-22-20(24)12-17(13-21(22)25)23(28)27(15-19-6-5-11-30-19)14-16-7-9-18(10-8-16)26(2)3/h7-10,12-13,19H,4-6,11,14-15H2,1-3H3. The number of rotatable bonds is 8. The quantitative estimate of drug-likeness (QED) is 0.548. The molecule has 0 aliphatic carbocycles. The maximum atomic E-state index is 13.4. The van der Waals surface area contributed by atoms with Gasteiger partial charge in [0.2, 0.25) is 0 Å². The summed E-state index contributed by atoms with van der Waals surface area (Å²) >= 11 is 12.7. The van der Waals surface area contributed by atoms with Crippen molar-refractivity contribution in [2.45, 2.75) is 32.4 Å². The van der Waals surface area contributed by atoms with E-state index in [2.05, 4.69) is 12.1 Å². The molecule has 1 atom stereocenters. The van der Waals surface area contributed by atoms with Crippen LogP contribution in [0.15, 0.2) is 36.4 Å². The maximum Gasteiger partial charge on any atom is 0.254 e. The molecule has 7 heteroatoms. The van der Waals surface area contributed by atoms with E-state index >= 15 is 0 Å². The number of ether oxygens (including phenoxy) is 2. The van der Waals surface area contributed by atoms with Crippen molar-refractivity contribution in [3.8, 4) is 5.75 Å². The van der Waals surface area contributed by atoms with E-state index in [0.717, 1.165) is 30.7 Å². The van der Waals surface area contributed by atoms with Gasteiger partial charge in [0.25, 0.3) is 5.91 Å². The summed E-state index contributed by atoms with van der Waals surface area (Å²) in [5.74, 6) is 0.274. The summed E-state index contributed by atoms with van der Waals surface area (Å²) in [5.41, 5.74) is 2.60. The van der Waals surface area contributed by atoms with E-state index in [0.29, 0.717) is 41.1 Å². The van der Waals surface area contributed by atoms with Crippen LogP contribution in [0.25, 0.3) is 0 Å². The van der Waals surface area contributed by atoms with Crippen molar-refractivity contribution < 1.29 is 14.3 Å². The first-order valence-electron chi connectivity index (χ1n) is 10.2. The minimum absolute atomic E-state index is 0.0450. The van der Waals surface area contributed by atoms with Gasteiger partial charge in [-0.25, -0.2) is 0 Å². The highest BCUT2D eigenvalue weighted by Gasteiger charge is 2.25. The summed E-state index contributed by atoms with van der Waals surface area (Å²) in [6.07, 6.45) is 2.02. The zero-order valence-corrected chi connectivity index (χ0v) is 19.2. The Kier molecular flexibility index (Phi) is 7.87. The molecule has 1 heterocycles. The lowest BCUT2D eigenvalue weighted by atomic mass is 10.1. The molecule has 0 aromatic heterocycles. The molecule has 2 aromatic rings. The number of carbonyl (C=O) groups excluding carboxylic acids is 1. The predicted molar refractivity (Wildman–Crippen MR) is 122 cm³/mol. The minimum atomic E-state index is -0.131. The number of carbonyl (C=O) groups is 1. The van der Waals surface area contributed by atoms with Crippen LogP contribution in [0.1, 0.15) is 35.7 Å². The van der Waals surface area contributed by atoms with Crippen molar-refractivity contribution in [3.05, 3.63) is 57.6 Å². The number of amides is 1. The van der Waals surface area contributed by atoms with Gasteiger partial charge >= 0.3 is 0 Å². The fourth-order valence-corrected chi connectivity index (χ4v) is 4.12. The third-order valence-electron chi connectivity index (χ3n) is 5.10. The molecule has 0 spiro atoms. The second kappa shape index (κ2) is 10.4. The van der Waals surface area contributed by atoms with E-state index in [-0.39, 0.29) is 12.0 Å². The molecule has 1 aliphatic heterocycles. The SMILES string of the molecule is CCOc1c(Cl)cc(C(=O)N(Cc2ccc(N(C)C)cc2)CC2CCCO2)cc1Cl. The van der Waals surface area contributed by atoms with Crippen LogP contribution in [-0.4, -0.2) is 50.8 Å². The molecule has 0 N–H and O–H groups in total. The Morgan fingerprint density at radius 2 is 1.83 bits per heavy atom. The van der Waals surface area contributed by atoms with Gasteiger partial charge in [-0.05, 0) is 49.6 Å². The fourth-order valence-electron chi connectivity index (χ4n) is 3.52. The van der Waals surface area contributed by atoms with Gasteiger partial charge in [0.05, 0.1) is 22.8 Å². The summed E-state index contributed by atoms with van der Waals surface area (Å²) in [6, 6.07) is 11.4. The summed E-state index contributed by atoms with van der Waals surface area (Å²) in [7, 11) is 4.00. The third kappa shape index (κ3) is 5.60. The Labute approximate surface area is 188 Å². The zero-order valence-electron chi connectivity index (χ0n) is 17.7. The van der Waals surface area contributed by atoms with E-state index in [1.165, 1.54) is 0 Å². The second-order valence-corrected chi connectivity index (χ2v) is 8.40. The molecule has 5 nitrogen and oxygen atoms in total. The first-order chi connectivity index (χ1) is 14.4. The van der Waals surface area contributed by atoms with Gasteiger partial charge in [0.15, 0.2) is 5.75 Å². The molecule has 0 radical (unpaired) electrons. The Balaban J connectivity index is 1.84. The van der Waals surface area contributed by atoms with Crippen LogP contribution < -0.4 is 9.64 Å². The molecule has 1 amide bonds. The van der Waals surface area contributed by atoms with Crippen molar-refractivity contribution in [2.24, 2.45) is 0 Å². The Bertz CT molecular complexity index is 842. The van der Waals surface area contributed by atoms with Gasteiger partial charge in [0, 0.05) is 45.0 Å². The van der Waals surface area contributed by atoms with E-state index in [1.54, 1.807) is 12.1 Å². The average molecular weight is 451 g/mol. The molecule has 1 aliphatic rings. The van der Waals surface area contributed by atoms with Crippen LogP contribution in [0.5, 0.6) is 5.75 Å². The fraction of sp³-hybridized carbons (Fsp3) is 0.435. The summed E-state index contributed by atoms with van der Waals surface area (Å²) in [4.78, 5) is 17.2. The molecule has 162 valence electrons. The normalized spacial score (nSPS) is 15.8. The van der Waals surface area contributed by atoms with E-state index in [4.69, 9.17) is 32.7 Å².